The van der Waals surface area contributed by atoms with E-state index >= 15 is 0 Å². The van der Waals surface area contributed by atoms with Crippen LogP contribution in [-0.4, -0.2) is 13.1 Å². The number of carbonyl (C=O) groups is 1. The highest BCUT2D eigenvalue weighted by molar-refractivity contribution is 5.95. The molecule has 2 N–H and O–H groups in total. The predicted octanol–water partition coefficient (Wildman–Crippen LogP) is 2.81. The van der Waals surface area contributed by atoms with Gasteiger partial charge in [-0.15, -0.1) is 0 Å². The van der Waals surface area contributed by atoms with Gasteiger partial charge in [-0.1, -0.05) is 18.2 Å². The van der Waals surface area contributed by atoms with E-state index in [0.29, 0.717) is 17.9 Å². The Hall–Kier alpha value is -2.23. The lowest BCUT2D eigenvalue weighted by molar-refractivity contribution is 0.0602. The molecule has 0 fully saturated rings. The van der Waals surface area contributed by atoms with Crippen LogP contribution in [0.3, 0.4) is 0 Å². The van der Waals surface area contributed by atoms with Crippen molar-refractivity contribution in [1.82, 2.24) is 0 Å². The van der Waals surface area contributed by atoms with E-state index in [0.717, 1.165) is 24.2 Å². The zero-order chi connectivity index (χ0) is 13.7. The van der Waals surface area contributed by atoms with Crippen LogP contribution in [0, 0.1) is 0 Å². The minimum absolute atomic E-state index is 0.381. The molecule has 0 aliphatic heterocycles. The van der Waals surface area contributed by atoms with Gasteiger partial charge in [0.2, 0.25) is 0 Å². The molecule has 0 spiro atoms. The second-order valence-corrected chi connectivity index (χ2v) is 4.30. The summed E-state index contributed by atoms with van der Waals surface area (Å²) in [4.78, 5) is 11.4. The molecule has 19 heavy (non-hydrogen) atoms. The third-order valence-corrected chi connectivity index (χ3v) is 2.92. The molecule has 1 aromatic rings. The van der Waals surface area contributed by atoms with Crippen molar-refractivity contribution in [2.75, 3.05) is 12.8 Å². The van der Waals surface area contributed by atoms with Gasteiger partial charge >= 0.3 is 5.97 Å². The van der Waals surface area contributed by atoms with E-state index in [9.17, 15) is 4.79 Å². The average Bonchev–Trinajstić information content (AvgIpc) is 2.45. The molecule has 0 bridgehead atoms. The van der Waals surface area contributed by atoms with Crippen LogP contribution >= 0.6 is 0 Å². The second kappa shape index (κ2) is 6.09. The van der Waals surface area contributed by atoms with Crippen LogP contribution in [0.5, 0.6) is 0 Å². The van der Waals surface area contributed by atoms with Crippen molar-refractivity contribution < 1.29 is 14.3 Å². The summed E-state index contributed by atoms with van der Waals surface area (Å²) in [5.41, 5.74) is 7.54. The molecule has 0 heterocycles. The fourth-order valence-electron chi connectivity index (χ4n) is 1.87. The first-order valence-electron chi connectivity index (χ1n) is 6.16. The Bertz CT molecular complexity index is 532. The number of ether oxygens (including phenoxy) is 2. The van der Waals surface area contributed by atoms with E-state index in [1.807, 2.05) is 18.2 Å². The van der Waals surface area contributed by atoms with E-state index in [2.05, 4.69) is 10.8 Å². The molecular formula is C15H17NO3. The molecular weight excluding hydrogens is 242 g/mol. The number of anilines is 1. The molecule has 1 aliphatic rings. The summed E-state index contributed by atoms with van der Waals surface area (Å²) in [5.74, 6) is 0.545. The lowest BCUT2D eigenvalue weighted by Gasteiger charge is -2.12. The normalized spacial score (nSPS) is 13.8. The summed E-state index contributed by atoms with van der Waals surface area (Å²) in [5, 5.41) is 0. The molecule has 0 unspecified atom stereocenters. The number of hydrogen-bond acceptors (Lipinski definition) is 4. The first kappa shape index (κ1) is 13.2. The summed E-state index contributed by atoms with van der Waals surface area (Å²) in [6, 6.07) is 5.22. The topological polar surface area (TPSA) is 61.5 Å². The number of methoxy groups -OCH3 is 1. The number of nitrogen functional groups attached to an aromatic ring is 1. The third kappa shape index (κ3) is 3.37. The molecule has 0 amide bonds. The van der Waals surface area contributed by atoms with Crippen LogP contribution in [-0.2, 0) is 16.1 Å². The maximum atomic E-state index is 11.4. The fraction of sp³-hybridized carbons (Fsp3) is 0.267. The Kier molecular flexibility index (Phi) is 4.23. The lowest BCUT2D eigenvalue weighted by atomic mass is 10.1. The number of rotatable bonds is 4. The highest BCUT2D eigenvalue weighted by Gasteiger charge is 2.10. The minimum atomic E-state index is -0.426. The quantitative estimate of drug-likeness (QED) is 0.667. The van der Waals surface area contributed by atoms with Crippen molar-refractivity contribution in [3.05, 3.63) is 53.3 Å². The molecule has 0 atom stereocenters. The lowest BCUT2D eigenvalue weighted by Crippen LogP contribution is -2.06. The highest BCUT2D eigenvalue weighted by atomic mass is 16.5. The molecule has 2 rings (SSSR count). The van der Waals surface area contributed by atoms with Crippen LogP contribution in [0.1, 0.15) is 28.8 Å². The fourth-order valence-corrected chi connectivity index (χ4v) is 1.87. The van der Waals surface area contributed by atoms with Crippen molar-refractivity contribution in [3.63, 3.8) is 0 Å². The number of esters is 1. The number of hydrogen-bond donors (Lipinski definition) is 1. The molecule has 100 valence electrons. The Labute approximate surface area is 112 Å². The molecule has 1 aromatic carbocycles. The SMILES string of the molecule is COC(=O)c1ccc(COC2=CC=CCC2)cc1N. The van der Waals surface area contributed by atoms with Gasteiger partial charge < -0.3 is 15.2 Å². The van der Waals surface area contributed by atoms with Gasteiger partial charge in [-0.2, -0.15) is 0 Å². The van der Waals surface area contributed by atoms with Gasteiger partial charge in [0.25, 0.3) is 0 Å². The van der Waals surface area contributed by atoms with Crippen LogP contribution in [0.4, 0.5) is 5.69 Å². The summed E-state index contributed by atoms with van der Waals surface area (Å²) in [7, 11) is 1.34. The minimum Gasteiger partial charge on any atom is -0.493 e. The predicted molar refractivity (Wildman–Crippen MR) is 73.4 cm³/mol. The van der Waals surface area contributed by atoms with Crippen LogP contribution in [0.2, 0.25) is 0 Å². The van der Waals surface area contributed by atoms with E-state index in [1.54, 1.807) is 12.1 Å². The molecule has 0 radical (unpaired) electrons. The molecule has 0 saturated heterocycles. The summed E-state index contributed by atoms with van der Waals surface area (Å²) in [6.45, 7) is 0.450. The first-order valence-corrected chi connectivity index (χ1v) is 6.16. The number of allylic oxidation sites excluding steroid dienone is 4. The third-order valence-electron chi connectivity index (χ3n) is 2.92. The molecule has 0 saturated carbocycles. The molecule has 1 aliphatic carbocycles. The largest absolute Gasteiger partial charge is 0.493 e. The Morgan fingerprint density at radius 1 is 1.42 bits per heavy atom. The van der Waals surface area contributed by atoms with Crippen molar-refractivity contribution in [3.8, 4) is 0 Å². The summed E-state index contributed by atoms with van der Waals surface area (Å²) >= 11 is 0. The van der Waals surface area contributed by atoms with Gasteiger partial charge in [0.15, 0.2) is 0 Å². The smallest absolute Gasteiger partial charge is 0.339 e. The van der Waals surface area contributed by atoms with Gasteiger partial charge in [-0.3, -0.25) is 0 Å². The Morgan fingerprint density at radius 2 is 2.26 bits per heavy atom. The maximum absolute atomic E-state index is 11.4. The molecule has 4 heteroatoms. The Morgan fingerprint density at radius 3 is 2.89 bits per heavy atom. The number of benzene rings is 1. The van der Waals surface area contributed by atoms with Crippen LogP contribution in [0.15, 0.2) is 42.2 Å². The average molecular weight is 259 g/mol. The zero-order valence-corrected chi connectivity index (χ0v) is 10.9. The van der Waals surface area contributed by atoms with Gasteiger partial charge in [-0.05, 0) is 30.2 Å². The van der Waals surface area contributed by atoms with Crippen molar-refractivity contribution >= 4 is 11.7 Å². The van der Waals surface area contributed by atoms with E-state index in [-0.39, 0.29) is 0 Å². The number of nitrogens with two attached hydrogens (primary N) is 1. The Balaban J connectivity index is 2.02. The second-order valence-electron chi connectivity index (χ2n) is 4.30. The number of carbonyl (C=O) groups excluding carboxylic acids is 1. The standard InChI is InChI=1S/C15H17NO3/c1-18-15(17)13-8-7-11(9-14(13)16)10-19-12-5-3-2-4-6-12/h2-3,5,7-9H,4,6,10,16H2,1H3. The van der Waals surface area contributed by atoms with Crippen molar-refractivity contribution in [1.29, 1.82) is 0 Å². The van der Waals surface area contributed by atoms with E-state index in [1.165, 1.54) is 7.11 Å². The maximum Gasteiger partial charge on any atom is 0.339 e. The van der Waals surface area contributed by atoms with Crippen molar-refractivity contribution in [2.24, 2.45) is 0 Å². The first-order chi connectivity index (χ1) is 9.20. The van der Waals surface area contributed by atoms with Crippen LogP contribution < -0.4 is 5.73 Å². The zero-order valence-electron chi connectivity index (χ0n) is 10.9. The van der Waals surface area contributed by atoms with Gasteiger partial charge in [0.1, 0.15) is 6.61 Å². The summed E-state index contributed by atoms with van der Waals surface area (Å²) < 4.78 is 10.3. The van der Waals surface area contributed by atoms with Crippen molar-refractivity contribution in [2.45, 2.75) is 19.4 Å². The highest BCUT2D eigenvalue weighted by Crippen LogP contribution is 2.19. The molecule has 4 nitrogen and oxygen atoms in total. The molecule has 0 aromatic heterocycles. The van der Waals surface area contributed by atoms with Gasteiger partial charge in [0.05, 0.1) is 18.4 Å². The van der Waals surface area contributed by atoms with E-state index < -0.39 is 5.97 Å². The van der Waals surface area contributed by atoms with E-state index in [4.69, 9.17) is 10.5 Å². The van der Waals surface area contributed by atoms with Gasteiger partial charge in [-0.25, -0.2) is 4.79 Å². The van der Waals surface area contributed by atoms with Crippen LogP contribution in [0.25, 0.3) is 0 Å². The summed E-state index contributed by atoms with van der Waals surface area (Å²) in [6.07, 6.45) is 8.00. The monoisotopic (exact) mass is 259 g/mol. The van der Waals surface area contributed by atoms with Gasteiger partial charge in [0, 0.05) is 12.1 Å².